The molecule has 0 aliphatic heterocycles. The van der Waals surface area contributed by atoms with Crippen LogP contribution in [0.3, 0.4) is 0 Å². The summed E-state index contributed by atoms with van der Waals surface area (Å²) in [4.78, 5) is 17.0. The van der Waals surface area contributed by atoms with Crippen LogP contribution in [0, 0.1) is 6.92 Å². The Morgan fingerprint density at radius 2 is 1.88 bits per heavy atom. The number of rotatable bonds is 7. The maximum atomic E-state index is 10.8. The number of carboxylic acids is 1. The summed E-state index contributed by atoms with van der Waals surface area (Å²) >= 11 is 1.39. The Hall–Kier alpha value is -2.54. The molecule has 7 heteroatoms. The lowest BCUT2D eigenvalue weighted by atomic mass is 10.1. The molecule has 0 saturated carbocycles. The molecule has 0 saturated heterocycles. The molecule has 0 aliphatic rings. The average molecular weight is 360 g/mol. The van der Waals surface area contributed by atoms with Crippen molar-refractivity contribution in [1.29, 1.82) is 0 Å². The van der Waals surface area contributed by atoms with Crippen molar-refractivity contribution in [3.8, 4) is 22.8 Å². The summed E-state index contributed by atoms with van der Waals surface area (Å²) in [5, 5.41) is 8.90. The first-order chi connectivity index (χ1) is 12.0. The molecule has 2 aromatic heterocycles. The van der Waals surface area contributed by atoms with E-state index in [9.17, 15) is 4.79 Å². The number of nitrogens with zero attached hydrogens (tertiary/aromatic N) is 2. The summed E-state index contributed by atoms with van der Waals surface area (Å²) in [6.07, 6.45) is 3.74. The summed E-state index contributed by atoms with van der Waals surface area (Å²) in [7, 11) is 0. The molecule has 0 amide bonds. The molecule has 0 aliphatic carbocycles. The summed E-state index contributed by atoms with van der Waals surface area (Å²) < 4.78 is 13.2. The van der Waals surface area contributed by atoms with Gasteiger partial charge in [-0.2, -0.15) is 0 Å². The van der Waals surface area contributed by atoms with Crippen LogP contribution in [0.5, 0.6) is 11.5 Å². The van der Waals surface area contributed by atoms with E-state index in [-0.39, 0.29) is 6.42 Å². The summed E-state index contributed by atoms with van der Waals surface area (Å²) in [6.45, 7) is 7.02. The number of hydrogen-bond donors (Lipinski definition) is 1. The Bertz CT molecular complexity index is 882. The number of aromatic nitrogens is 2. The minimum Gasteiger partial charge on any atom is -0.490 e. The van der Waals surface area contributed by atoms with Crippen molar-refractivity contribution in [1.82, 2.24) is 9.38 Å². The molecule has 25 heavy (non-hydrogen) atoms. The van der Waals surface area contributed by atoms with Gasteiger partial charge in [-0.25, -0.2) is 4.98 Å². The van der Waals surface area contributed by atoms with E-state index in [1.54, 1.807) is 0 Å². The van der Waals surface area contributed by atoms with E-state index >= 15 is 0 Å². The number of aliphatic carboxylic acids is 1. The lowest BCUT2D eigenvalue weighted by Gasteiger charge is -2.14. The van der Waals surface area contributed by atoms with Gasteiger partial charge in [0.15, 0.2) is 16.5 Å². The van der Waals surface area contributed by atoms with Gasteiger partial charge in [0.2, 0.25) is 0 Å². The number of aryl methyl sites for hydroxylation is 1. The molecule has 0 fully saturated rings. The highest BCUT2D eigenvalue weighted by Crippen LogP contribution is 2.36. The van der Waals surface area contributed by atoms with Crippen LogP contribution in [0.15, 0.2) is 24.5 Å². The molecule has 3 rings (SSSR count). The molecule has 0 bridgehead atoms. The van der Waals surface area contributed by atoms with Crippen LogP contribution in [0.4, 0.5) is 0 Å². The zero-order chi connectivity index (χ0) is 18.0. The normalized spacial score (nSPS) is 11.0. The minimum absolute atomic E-state index is 0.0138. The van der Waals surface area contributed by atoms with E-state index in [0.717, 1.165) is 32.4 Å². The number of carbonyl (C=O) groups is 1. The molecule has 6 nitrogen and oxygen atoms in total. The summed E-state index contributed by atoms with van der Waals surface area (Å²) in [5.74, 6) is 0.594. The van der Waals surface area contributed by atoms with Crippen LogP contribution in [0.1, 0.15) is 24.3 Å². The second kappa shape index (κ2) is 7.14. The van der Waals surface area contributed by atoms with Gasteiger partial charge in [0, 0.05) is 22.8 Å². The fourth-order valence-corrected chi connectivity index (χ4v) is 3.63. The van der Waals surface area contributed by atoms with Gasteiger partial charge in [-0.3, -0.25) is 9.20 Å². The van der Waals surface area contributed by atoms with E-state index in [1.807, 2.05) is 49.7 Å². The zero-order valence-corrected chi connectivity index (χ0v) is 15.2. The van der Waals surface area contributed by atoms with Crippen LogP contribution in [-0.4, -0.2) is 33.7 Å². The molecule has 132 valence electrons. The molecular weight excluding hydrogens is 340 g/mol. The third kappa shape index (κ3) is 3.61. The largest absolute Gasteiger partial charge is 0.490 e. The lowest BCUT2D eigenvalue weighted by molar-refractivity contribution is -0.136. The van der Waals surface area contributed by atoms with Gasteiger partial charge < -0.3 is 14.6 Å². The monoisotopic (exact) mass is 360 g/mol. The molecule has 0 spiro atoms. The average Bonchev–Trinajstić information content (AvgIpc) is 3.07. The Kier molecular flexibility index (Phi) is 4.94. The number of imidazole rings is 1. The Labute approximate surface area is 149 Å². The third-order valence-corrected chi connectivity index (χ3v) is 4.69. The van der Waals surface area contributed by atoms with Gasteiger partial charge >= 0.3 is 5.97 Å². The first kappa shape index (κ1) is 17.3. The van der Waals surface area contributed by atoms with Crippen molar-refractivity contribution < 1.29 is 19.4 Å². The van der Waals surface area contributed by atoms with Gasteiger partial charge in [-0.05, 0) is 38.5 Å². The molecule has 0 radical (unpaired) electrons. The summed E-state index contributed by atoms with van der Waals surface area (Å²) in [6, 6.07) is 3.92. The van der Waals surface area contributed by atoms with Crippen molar-refractivity contribution in [2.75, 3.05) is 13.2 Å². The number of carboxylic acid groups (broad SMARTS) is 1. The molecular formula is C18H20N2O4S. The van der Waals surface area contributed by atoms with Crippen LogP contribution < -0.4 is 9.47 Å². The number of hydrogen-bond acceptors (Lipinski definition) is 5. The van der Waals surface area contributed by atoms with E-state index in [1.165, 1.54) is 11.3 Å². The van der Waals surface area contributed by atoms with Gasteiger partial charge in [-0.1, -0.05) is 0 Å². The molecule has 1 N–H and O–H groups in total. The molecule has 2 heterocycles. The van der Waals surface area contributed by atoms with Gasteiger partial charge in [-0.15, -0.1) is 11.3 Å². The third-order valence-electron chi connectivity index (χ3n) is 3.70. The Morgan fingerprint density at radius 1 is 1.20 bits per heavy atom. The molecule has 0 unspecified atom stereocenters. The predicted molar refractivity (Wildman–Crippen MR) is 96.9 cm³/mol. The second-order valence-corrected chi connectivity index (χ2v) is 6.66. The van der Waals surface area contributed by atoms with Gasteiger partial charge in [0.1, 0.15) is 0 Å². The van der Waals surface area contributed by atoms with Crippen LogP contribution in [0.2, 0.25) is 0 Å². The number of thiazole rings is 1. The first-order valence-electron chi connectivity index (χ1n) is 8.11. The van der Waals surface area contributed by atoms with Crippen molar-refractivity contribution in [2.24, 2.45) is 0 Å². The highest BCUT2D eigenvalue weighted by atomic mass is 32.1. The maximum absolute atomic E-state index is 10.8. The highest BCUT2D eigenvalue weighted by Gasteiger charge is 2.15. The number of ether oxygens (including phenoxy) is 2. The van der Waals surface area contributed by atoms with E-state index < -0.39 is 5.97 Å². The predicted octanol–water partition coefficient (Wildman–Crippen LogP) is 3.80. The minimum atomic E-state index is -0.839. The topological polar surface area (TPSA) is 73.1 Å². The number of benzene rings is 1. The Balaban J connectivity index is 2.00. The SMILES string of the molecule is CCOc1cc(C)c(-c2cn3cc(CC(=O)O)sc3n2)cc1OCC. The summed E-state index contributed by atoms with van der Waals surface area (Å²) in [5.41, 5.74) is 2.85. The van der Waals surface area contributed by atoms with E-state index in [4.69, 9.17) is 14.6 Å². The first-order valence-corrected chi connectivity index (χ1v) is 8.93. The quantitative estimate of drug-likeness (QED) is 0.694. The van der Waals surface area contributed by atoms with Crippen molar-refractivity contribution in [3.63, 3.8) is 0 Å². The molecule has 0 atom stereocenters. The molecule has 1 aromatic carbocycles. The van der Waals surface area contributed by atoms with E-state index in [0.29, 0.717) is 19.0 Å². The van der Waals surface area contributed by atoms with Crippen LogP contribution >= 0.6 is 11.3 Å². The number of fused-ring (bicyclic) bond motifs is 1. The standard InChI is InChI=1S/C18H20N2O4S/c1-4-23-15-6-11(3)13(8-16(15)24-5-2)14-10-20-9-12(7-17(21)22)25-18(20)19-14/h6,8-10H,4-5,7H2,1-3H3,(H,21,22). The maximum Gasteiger partial charge on any atom is 0.308 e. The molecule has 3 aromatic rings. The zero-order valence-electron chi connectivity index (χ0n) is 14.4. The fourth-order valence-electron chi connectivity index (χ4n) is 2.68. The van der Waals surface area contributed by atoms with E-state index in [2.05, 4.69) is 4.98 Å². The second-order valence-electron chi connectivity index (χ2n) is 5.56. The van der Waals surface area contributed by atoms with Gasteiger partial charge in [0.25, 0.3) is 0 Å². The van der Waals surface area contributed by atoms with Crippen LogP contribution in [0.25, 0.3) is 16.2 Å². The highest BCUT2D eigenvalue weighted by molar-refractivity contribution is 7.17. The van der Waals surface area contributed by atoms with Crippen molar-refractivity contribution >= 4 is 22.3 Å². The van der Waals surface area contributed by atoms with Gasteiger partial charge in [0.05, 0.1) is 25.3 Å². The van der Waals surface area contributed by atoms with Crippen molar-refractivity contribution in [3.05, 3.63) is 35.0 Å². The Morgan fingerprint density at radius 3 is 2.48 bits per heavy atom. The lowest BCUT2D eigenvalue weighted by Crippen LogP contribution is -2.00. The smallest absolute Gasteiger partial charge is 0.308 e. The van der Waals surface area contributed by atoms with Crippen molar-refractivity contribution in [2.45, 2.75) is 27.2 Å². The van der Waals surface area contributed by atoms with Crippen LogP contribution in [-0.2, 0) is 11.2 Å². The fraction of sp³-hybridized carbons (Fsp3) is 0.333.